The topological polar surface area (TPSA) is 35.5 Å². The highest BCUT2D eigenvalue weighted by Gasteiger charge is 2.33. The van der Waals surface area contributed by atoms with Gasteiger partial charge in [-0.15, -0.1) is 0 Å². The van der Waals surface area contributed by atoms with Crippen molar-refractivity contribution >= 4 is 104 Å². The molecule has 0 aromatic heterocycles. The van der Waals surface area contributed by atoms with E-state index in [0.717, 1.165) is 10.8 Å². The molecule has 0 saturated carbocycles. The average Bonchev–Trinajstić information content (AvgIpc) is 0.857. The number of carbonyl (C=O) groups is 1. The first-order valence-corrected chi connectivity index (χ1v) is 42.9. The first kappa shape index (κ1) is 74.6. The lowest BCUT2D eigenvalue weighted by Crippen LogP contribution is -2.27. The molecule has 1 aliphatic rings. The molecule has 510 valence electrons. The van der Waals surface area contributed by atoms with E-state index in [0.29, 0.717) is 38.4 Å². The Morgan fingerprint density at radius 2 is 0.780 bits per heavy atom. The number of hydrogen-bond acceptors (Lipinski definition) is 3. The zero-order valence-corrected chi connectivity index (χ0v) is 64.0. The molecule has 3 nitrogen and oxygen atoms in total. The van der Waals surface area contributed by atoms with Gasteiger partial charge in [0.25, 0.3) is 0 Å². The van der Waals surface area contributed by atoms with E-state index in [2.05, 4.69) is 307 Å². The van der Waals surface area contributed by atoms with Gasteiger partial charge in [0, 0.05) is 59.6 Å². The molecule has 0 aliphatic carbocycles. The smallest absolute Gasteiger partial charge is 0.344 e. The van der Waals surface area contributed by atoms with E-state index in [9.17, 15) is 4.79 Å². The second kappa shape index (κ2) is 38.1. The third-order valence-electron chi connectivity index (χ3n) is 17.1. The SMILES string of the molecule is CC(C)(C)OC(=O)COc1ccc([S+](c2ccccc2)c2ccccc2)c2ccccc12.CCCC[S+](CCCC)c1cccc2ccccc12.C[S+](C)c1cccc2ccccc12.Cc1ccc([S+](c2ccccc2)c2ccc(C)cc2)cc1.c1ccc2c([S+]3CCCC3)cccc2c1. The minimum atomic E-state index is -0.536. The number of hydrogen-bond donors (Lipinski definition) is 0. The Morgan fingerprint density at radius 1 is 0.390 bits per heavy atom. The van der Waals surface area contributed by atoms with Crippen LogP contribution in [0.15, 0.2) is 347 Å². The third kappa shape index (κ3) is 21.0. The van der Waals surface area contributed by atoms with Crippen LogP contribution in [0.4, 0.5) is 0 Å². The summed E-state index contributed by atoms with van der Waals surface area (Å²) < 4.78 is 11.3. The van der Waals surface area contributed by atoms with Gasteiger partial charge in [-0.05, 0) is 192 Å². The van der Waals surface area contributed by atoms with Crippen LogP contribution >= 0.6 is 0 Å². The minimum absolute atomic E-state index is 0.0312. The Morgan fingerprint density at radius 3 is 1.26 bits per heavy atom. The van der Waals surface area contributed by atoms with E-state index in [4.69, 9.17) is 9.47 Å². The van der Waals surface area contributed by atoms with Crippen LogP contribution in [0, 0.1) is 13.8 Å². The molecule has 0 N–H and O–H groups in total. The van der Waals surface area contributed by atoms with Crippen LogP contribution in [0.1, 0.15) is 84.3 Å². The fourth-order valence-corrected chi connectivity index (χ4v) is 22.6. The summed E-state index contributed by atoms with van der Waals surface area (Å²) in [5.41, 5.74) is 2.07. The molecular weight excluding hydrogens is 1310 g/mol. The summed E-state index contributed by atoms with van der Waals surface area (Å²) in [4.78, 5) is 24.7. The van der Waals surface area contributed by atoms with Crippen molar-refractivity contribution in [2.45, 2.75) is 137 Å². The maximum atomic E-state index is 12.2. The van der Waals surface area contributed by atoms with E-state index in [1.807, 2.05) is 57.2 Å². The Hall–Kier alpha value is -8.08. The lowest BCUT2D eigenvalue weighted by Gasteiger charge is -2.19. The fourth-order valence-electron chi connectivity index (χ4n) is 12.2. The molecule has 1 heterocycles. The highest BCUT2D eigenvalue weighted by Crippen LogP contribution is 2.40. The van der Waals surface area contributed by atoms with Crippen LogP contribution in [-0.4, -0.2) is 53.7 Å². The Kier molecular flexibility index (Phi) is 28.4. The maximum Gasteiger partial charge on any atom is 0.344 e. The van der Waals surface area contributed by atoms with Gasteiger partial charge >= 0.3 is 5.97 Å². The standard InChI is InChI=1S/C28H27O3S.C20H19S.C18H25S.C14H15S.C12H13S/c1-28(2,3)31-27(29)20-30-25-18-19-26(24-17-11-10-16-23(24)25)32(21-12-6-4-7-13-21)22-14-8-5-9-15-22;1-16-8-12-19(13-9-16)21(18-6-4-3-5-7-18)20-14-10-17(2)11-15-20;1-3-5-14-19(15-6-4-2)18-13-9-11-16-10-7-8-12-17(16)18;1-2-8-13-12(6-1)7-5-9-14(13)15-10-3-4-11-15;1-13(2)12-9-5-7-10-6-3-4-8-11(10)12/h4-19H,20H2,1-3H3;3-15H,1-2H3;7-13H,3-6,14-15H2,1-2H3;1-2,5-9H,3-4,10-11H2;3-9H,1-2H3/q5*+1. The summed E-state index contributed by atoms with van der Waals surface area (Å²) in [6, 6.07) is 108. The van der Waals surface area contributed by atoms with Gasteiger partial charge in [0.05, 0.1) is 21.8 Å². The molecule has 0 atom stereocenters. The summed E-state index contributed by atoms with van der Waals surface area (Å²) in [5, 5.41) is 10.6. The number of unbranched alkanes of at least 4 members (excludes halogenated alkanes) is 2. The molecule has 13 aromatic rings. The van der Waals surface area contributed by atoms with Gasteiger partial charge in [0.2, 0.25) is 0 Å². The van der Waals surface area contributed by atoms with Gasteiger partial charge in [-0.2, -0.15) is 0 Å². The van der Waals surface area contributed by atoms with Crippen LogP contribution in [0.2, 0.25) is 0 Å². The normalized spacial score (nSPS) is 12.1. The third-order valence-corrected chi connectivity index (χ3v) is 27.9. The van der Waals surface area contributed by atoms with Crippen LogP contribution in [0.3, 0.4) is 0 Å². The van der Waals surface area contributed by atoms with Crippen molar-refractivity contribution in [3.63, 3.8) is 0 Å². The highest BCUT2D eigenvalue weighted by atomic mass is 32.2. The predicted molar refractivity (Wildman–Crippen MR) is 440 cm³/mol. The lowest BCUT2D eigenvalue weighted by atomic mass is 10.1. The van der Waals surface area contributed by atoms with Crippen molar-refractivity contribution in [2.75, 3.05) is 42.1 Å². The summed E-state index contributed by atoms with van der Waals surface area (Å²) in [6.45, 7) is 14.3. The maximum absolute atomic E-state index is 12.2. The fraction of sp³-hybridized carbons (Fsp3) is 0.228. The summed E-state index contributed by atoms with van der Waals surface area (Å²) in [6.07, 6.45) is 12.7. The van der Waals surface area contributed by atoms with Crippen LogP contribution in [-0.2, 0) is 64.0 Å². The number of rotatable bonds is 18. The lowest BCUT2D eigenvalue weighted by molar-refractivity contribution is -0.157. The zero-order valence-electron chi connectivity index (χ0n) is 59.9. The first-order chi connectivity index (χ1) is 48.8. The van der Waals surface area contributed by atoms with Crippen LogP contribution in [0.5, 0.6) is 5.75 Å². The minimum Gasteiger partial charge on any atom is -0.481 e. The van der Waals surface area contributed by atoms with E-state index in [1.54, 1.807) is 9.79 Å². The molecule has 0 bridgehead atoms. The molecule has 14 rings (SSSR count). The van der Waals surface area contributed by atoms with E-state index in [-0.39, 0.29) is 34.4 Å². The molecule has 0 unspecified atom stereocenters. The van der Waals surface area contributed by atoms with Gasteiger partial charge in [-0.3, -0.25) is 0 Å². The van der Waals surface area contributed by atoms with Crippen molar-refractivity contribution in [1.82, 2.24) is 0 Å². The molecule has 0 radical (unpaired) electrons. The molecule has 13 aromatic carbocycles. The van der Waals surface area contributed by atoms with Gasteiger partial charge in [-0.25, -0.2) is 4.79 Å². The summed E-state index contributed by atoms with van der Waals surface area (Å²) >= 11 is 0. The molecule has 8 heteroatoms. The number of carbonyl (C=O) groups excluding carboxylic acids is 1. The Labute approximate surface area is 612 Å². The van der Waals surface area contributed by atoms with Crippen LogP contribution < -0.4 is 4.74 Å². The first-order valence-electron chi connectivity index (χ1n) is 35.3. The quantitative estimate of drug-likeness (QED) is 0.0634. The second-order valence-corrected chi connectivity index (χ2v) is 36.7. The van der Waals surface area contributed by atoms with Crippen molar-refractivity contribution in [3.05, 3.63) is 314 Å². The number of ether oxygens (including phenoxy) is 2. The molecule has 1 saturated heterocycles. The van der Waals surface area contributed by atoms with E-state index in [1.165, 1.54) is 139 Å². The number of benzene rings is 13. The zero-order chi connectivity index (χ0) is 70.1. The Balaban J connectivity index is 0.000000140. The van der Waals surface area contributed by atoms with Crippen LogP contribution in [0.25, 0.3) is 43.1 Å². The number of fused-ring (bicyclic) bond motifs is 4. The highest BCUT2D eigenvalue weighted by molar-refractivity contribution is 7.98. The molecule has 100 heavy (non-hydrogen) atoms. The monoisotopic (exact) mass is 1410 g/mol. The van der Waals surface area contributed by atoms with Crippen molar-refractivity contribution in [3.8, 4) is 5.75 Å². The van der Waals surface area contributed by atoms with Gasteiger partial charge in [0.1, 0.15) is 46.9 Å². The van der Waals surface area contributed by atoms with Crippen molar-refractivity contribution in [2.24, 2.45) is 0 Å². The molecular formula is C92H99O3S5+5. The van der Waals surface area contributed by atoms with Crippen molar-refractivity contribution < 1.29 is 14.3 Å². The number of aryl methyl sites for hydroxylation is 2. The molecule has 1 aliphatic heterocycles. The summed E-state index contributed by atoms with van der Waals surface area (Å²) in [7, 11) is 1.02. The van der Waals surface area contributed by atoms with Gasteiger partial charge in [0.15, 0.2) is 50.7 Å². The van der Waals surface area contributed by atoms with Gasteiger partial charge < -0.3 is 9.47 Å². The van der Waals surface area contributed by atoms with E-state index < -0.39 is 5.60 Å². The molecule has 0 amide bonds. The Bertz CT molecular complexity index is 4520. The average molecular weight is 1410 g/mol. The summed E-state index contributed by atoms with van der Waals surface area (Å²) in [5.74, 6) is 5.86. The second-order valence-electron chi connectivity index (χ2n) is 26.1. The molecule has 0 spiro atoms. The van der Waals surface area contributed by atoms with Crippen molar-refractivity contribution in [1.29, 1.82) is 0 Å². The molecule has 1 fully saturated rings. The van der Waals surface area contributed by atoms with E-state index >= 15 is 0 Å². The van der Waals surface area contributed by atoms with Gasteiger partial charge in [-0.1, -0.05) is 226 Å². The predicted octanol–water partition coefficient (Wildman–Crippen LogP) is 24.2. The largest absolute Gasteiger partial charge is 0.481 e. The number of esters is 1.